The molecule has 2 N–H and O–H groups in total. The fourth-order valence-corrected chi connectivity index (χ4v) is 4.41. The first-order valence-corrected chi connectivity index (χ1v) is 8.77. The van der Waals surface area contributed by atoms with Crippen LogP contribution in [0.4, 0.5) is 0 Å². The first-order chi connectivity index (χ1) is 10.5. The van der Waals surface area contributed by atoms with E-state index in [1.807, 2.05) is 13.0 Å². The van der Waals surface area contributed by atoms with Crippen molar-refractivity contribution in [2.24, 2.45) is 5.92 Å². The van der Waals surface area contributed by atoms with Crippen LogP contribution in [0.2, 0.25) is 10.0 Å². The maximum absolute atomic E-state index is 12.3. The SMILES string of the molecule is CC(NC(=O)CC1CC2CCC(C1)N2)c1ccc(Cl)cc1Cl. The van der Waals surface area contributed by atoms with Crippen LogP contribution < -0.4 is 10.6 Å². The summed E-state index contributed by atoms with van der Waals surface area (Å²) >= 11 is 12.1. The lowest BCUT2D eigenvalue weighted by molar-refractivity contribution is -0.122. The van der Waals surface area contributed by atoms with Crippen LogP contribution in [0.3, 0.4) is 0 Å². The van der Waals surface area contributed by atoms with Crippen LogP contribution in [-0.4, -0.2) is 18.0 Å². The number of carbonyl (C=O) groups excluding carboxylic acids is 1. The Morgan fingerprint density at radius 1 is 1.32 bits per heavy atom. The predicted molar refractivity (Wildman–Crippen MR) is 90.3 cm³/mol. The van der Waals surface area contributed by atoms with E-state index in [1.165, 1.54) is 12.8 Å². The molecule has 2 fully saturated rings. The smallest absolute Gasteiger partial charge is 0.220 e. The third kappa shape index (κ3) is 3.76. The first-order valence-electron chi connectivity index (χ1n) is 8.01. The third-order valence-electron chi connectivity index (χ3n) is 4.85. The Labute approximate surface area is 141 Å². The van der Waals surface area contributed by atoms with E-state index in [-0.39, 0.29) is 11.9 Å². The number of hydrogen-bond donors (Lipinski definition) is 2. The molecule has 22 heavy (non-hydrogen) atoms. The Morgan fingerprint density at radius 2 is 2.00 bits per heavy atom. The summed E-state index contributed by atoms with van der Waals surface area (Å²) in [5.74, 6) is 0.622. The zero-order chi connectivity index (χ0) is 15.7. The molecule has 1 amide bonds. The van der Waals surface area contributed by atoms with E-state index in [9.17, 15) is 4.79 Å². The molecule has 3 rings (SSSR count). The summed E-state index contributed by atoms with van der Waals surface area (Å²) in [5, 5.41) is 7.88. The lowest BCUT2D eigenvalue weighted by Gasteiger charge is -2.29. The molecule has 0 saturated carbocycles. The molecule has 2 aliphatic heterocycles. The van der Waals surface area contributed by atoms with E-state index >= 15 is 0 Å². The summed E-state index contributed by atoms with van der Waals surface area (Å²) in [6.07, 6.45) is 5.39. The molecule has 2 aliphatic rings. The molecule has 2 saturated heterocycles. The molecule has 120 valence electrons. The molecule has 1 aromatic carbocycles. The van der Waals surface area contributed by atoms with Crippen molar-refractivity contribution in [1.82, 2.24) is 10.6 Å². The number of benzene rings is 1. The second kappa shape index (κ2) is 6.77. The standard InChI is InChI=1S/C17H22Cl2N2O/c1-10(15-5-2-12(18)9-16(15)19)20-17(22)8-11-6-13-3-4-14(7-11)21-13/h2,5,9-11,13-14,21H,3-4,6-8H2,1H3,(H,20,22). The van der Waals surface area contributed by atoms with Gasteiger partial charge in [0.05, 0.1) is 6.04 Å². The lowest BCUT2D eigenvalue weighted by atomic mass is 9.89. The Kier molecular flexibility index (Phi) is 4.96. The number of hydrogen-bond acceptors (Lipinski definition) is 2. The molecule has 2 heterocycles. The first kappa shape index (κ1) is 16.1. The molecule has 0 aliphatic carbocycles. The van der Waals surface area contributed by atoms with Gasteiger partial charge in [0.1, 0.15) is 0 Å². The number of rotatable bonds is 4. The number of carbonyl (C=O) groups is 1. The fourth-order valence-electron chi connectivity index (χ4n) is 3.83. The minimum atomic E-state index is -0.101. The van der Waals surface area contributed by atoms with Crippen molar-refractivity contribution in [3.8, 4) is 0 Å². The van der Waals surface area contributed by atoms with E-state index in [1.54, 1.807) is 12.1 Å². The lowest BCUT2D eigenvalue weighted by Crippen LogP contribution is -2.40. The highest BCUT2D eigenvalue weighted by Gasteiger charge is 2.34. The van der Waals surface area contributed by atoms with Crippen molar-refractivity contribution in [3.05, 3.63) is 33.8 Å². The zero-order valence-corrected chi connectivity index (χ0v) is 14.3. The summed E-state index contributed by atoms with van der Waals surface area (Å²) in [6, 6.07) is 6.54. The second-order valence-electron chi connectivity index (χ2n) is 6.63. The van der Waals surface area contributed by atoms with Crippen LogP contribution in [0.25, 0.3) is 0 Å². The fraction of sp³-hybridized carbons (Fsp3) is 0.588. The quantitative estimate of drug-likeness (QED) is 0.866. The molecule has 3 nitrogen and oxygen atoms in total. The van der Waals surface area contributed by atoms with Crippen molar-refractivity contribution in [1.29, 1.82) is 0 Å². The maximum atomic E-state index is 12.3. The Bertz CT molecular complexity index is 552. The monoisotopic (exact) mass is 340 g/mol. The van der Waals surface area contributed by atoms with Gasteiger partial charge in [-0.05, 0) is 56.2 Å². The predicted octanol–water partition coefficient (Wildman–Crippen LogP) is 4.09. The van der Waals surface area contributed by atoms with Crippen molar-refractivity contribution in [2.45, 2.75) is 57.2 Å². The zero-order valence-electron chi connectivity index (χ0n) is 12.7. The molecular formula is C17H22Cl2N2O. The minimum absolute atomic E-state index is 0.101. The largest absolute Gasteiger partial charge is 0.350 e. The van der Waals surface area contributed by atoms with Gasteiger partial charge in [-0.1, -0.05) is 29.3 Å². The van der Waals surface area contributed by atoms with E-state index in [2.05, 4.69) is 10.6 Å². The van der Waals surface area contributed by atoms with Gasteiger partial charge in [-0.25, -0.2) is 0 Å². The van der Waals surface area contributed by atoms with Crippen LogP contribution in [0.5, 0.6) is 0 Å². The minimum Gasteiger partial charge on any atom is -0.350 e. The van der Waals surface area contributed by atoms with Crippen LogP contribution in [0, 0.1) is 5.92 Å². The molecule has 3 atom stereocenters. The highest BCUT2D eigenvalue weighted by atomic mass is 35.5. The summed E-state index contributed by atoms with van der Waals surface area (Å²) < 4.78 is 0. The maximum Gasteiger partial charge on any atom is 0.220 e. The van der Waals surface area contributed by atoms with Crippen LogP contribution in [-0.2, 0) is 4.79 Å². The van der Waals surface area contributed by atoms with E-state index in [0.717, 1.165) is 18.4 Å². The molecule has 3 unspecified atom stereocenters. The molecular weight excluding hydrogens is 319 g/mol. The number of piperidine rings is 1. The van der Waals surface area contributed by atoms with E-state index in [4.69, 9.17) is 23.2 Å². The number of amides is 1. The normalized spacial score (nSPS) is 28.4. The molecule has 0 radical (unpaired) electrons. The second-order valence-corrected chi connectivity index (χ2v) is 7.48. The van der Waals surface area contributed by atoms with Gasteiger partial charge in [0.15, 0.2) is 0 Å². The van der Waals surface area contributed by atoms with E-state index in [0.29, 0.717) is 34.5 Å². The van der Waals surface area contributed by atoms with Gasteiger partial charge in [-0.2, -0.15) is 0 Å². The molecule has 2 bridgehead atoms. The van der Waals surface area contributed by atoms with Crippen LogP contribution in [0.1, 0.15) is 50.6 Å². The van der Waals surface area contributed by atoms with Crippen molar-refractivity contribution in [2.75, 3.05) is 0 Å². The summed E-state index contributed by atoms with van der Waals surface area (Å²) in [4.78, 5) is 12.3. The molecule has 5 heteroatoms. The Balaban J connectivity index is 1.55. The van der Waals surface area contributed by atoms with Gasteiger partial charge in [0.2, 0.25) is 5.91 Å². The van der Waals surface area contributed by atoms with Crippen LogP contribution >= 0.6 is 23.2 Å². The number of fused-ring (bicyclic) bond motifs is 2. The van der Waals surface area contributed by atoms with Crippen molar-refractivity contribution in [3.63, 3.8) is 0 Å². The molecule has 0 aromatic heterocycles. The number of halogens is 2. The highest BCUT2D eigenvalue weighted by Crippen LogP contribution is 2.33. The topological polar surface area (TPSA) is 41.1 Å². The van der Waals surface area contributed by atoms with Gasteiger partial charge >= 0.3 is 0 Å². The third-order valence-corrected chi connectivity index (χ3v) is 5.41. The van der Waals surface area contributed by atoms with Crippen molar-refractivity contribution < 1.29 is 4.79 Å². The Morgan fingerprint density at radius 3 is 2.64 bits per heavy atom. The summed E-state index contributed by atoms with van der Waals surface area (Å²) in [5.41, 5.74) is 0.907. The molecule has 0 spiro atoms. The van der Waals surface area contributed by atoms with Gasteiger partial charge in [-0.3, -0.25) is 4.79 Å². The average molecular weight is 341 g/mol. The highest BCUT2D eigenvalue weighted by molar-refractivity contribution is 6.35. The average Bonchev–Trinajstić information content (AvgIpc) is 2.77. The van der Waals surface area contributed by atoms with Crippen molar-refractivity contribution >= 4 is 29.1 Å². The summed E-state index contributed by atoms with van der Waals surface area (Å²) in [6.45, 7) is 1.96. The molecule has 1 aromatic rings. The van der Waals surface area contributed by atoms with Gasteiger partial charge < -0.3 is 10.6 Å². The van der Waals surface area contributed by atoms with Gasteiger partial charge in [0, 0.05) is 28.5 Å². The summed E-state index contributed by atoms with van der Waals surface area (Å²) in [7, 11) is 0. The van der Waals surface area contributed by atoms with Gasteiger partial charge in [0.25, 0.3) is 0 Å². The Hall–Kier alpha value is -0.770. The number of nitrogens with one attached hydrogen (secondary N) is 2. The van der Waals surface area contributed by atoms with Crippen LogP contribution in [0.15, 0.2) is 18.2 Å². The van der Waals surface area contributed by atoms with E-state index < -0.39 is 0 Å². The van der Waals surface area contributed by atoms with Gasteiger partial charge in [-0.15, -0.1) is 0 Å².